The lowest BCUT2D eigenvalue weighted by atomic mass is 9.86. The normalized spacial score (nSPS) is 29.6. The van der Waals surface area contributed by atoms with E-state index in [-0.39, 0.29) is 11.1 Å². The summed E-state index contributed by atoms with van der Waals surface area (Å²) in [4.78, 5) is 26.8. The maximum atomic E-state index is 13.0. The van der Waals surface area contributed by atoms with Crippen LogP contribution in [-0.2, 0) is 10.5 Å². The third-order valence-electron chi connectivity index (χ3n) is 4.86. The van der Waals surface area contributed by atoms with E-state index in [0.29, 0.717) is 5.69 Å². The first-order chi connectivity index (χ1) is 11.8. The van der Waals surface area contributed by atoms with Crippen LogP contribution in [0.5, 0.6) is 0 Å². The van der Waals surface area contributed by atoms with Gasteiger partial charge in [-0.15, -0.1) is 0 Å². The number of carbonyl (C=O) groups is 2. The fourth-order valence-corrected chi connectivity index (χ4v) is 3.81. The maximum absolute atomic E-state index is 13.0. The van der Waals surface area contributed by atoms with Gasteiger partial charge < -0.3 is 15.3 Å². The molecule has 4 rings (SSSR count). The van der Waals surface area contributed by atoms with E-state index in [1.54, 1.807) is 42.5 Å². The molecule has 1 amide bonds. The van der Waals surface area contributed by atoms with Crippen molar-refractivity contribution in [3.05, 3.63) is 77.1 Å². The summed E-state index contributed by atoms with van der Waals surface area (Å²) in [7, 11) is 0. The van der Waals surface area contributed by atoms with E-state index in [1.807, 2.05) is 0 Å². The minimum absolute atomic E-state index is 0.111. The van der Waals surface area contributed by atoms with Crippen molar-refractivity contribution in [1.82, 2.24) is 0 Å². The predicted octanol–water partition coefficient (Wildman–Crippen LogP) is 1.64. The van der Waals surface area contributed by atoms with Crippen LogP contribution in [0.2, 0.25) is 0 Å². The quantitative estimate of drug-likeness (QED) is 0.543. The minimum Gasteiger partial charge on any atom is -0.512 e. The zero-order valence-corrected chi connectivity index (χ0v) is 13.3. The second kappa shape index (κ2) is 4.78. The number of amides is 1. The molecule has 1 aliphatic heterocycles. The number of Topliss-reactive ketones (excluding diaryl/α,β-unsaturated/α-hetero) is 1. The van der Waals surface area contributed by atoms with Gasteiger partial charge in [0.1, 0.15) is 5.76 Å². The summed E-state index contributed by atoms with van der Waals surface area (Å²) in [6, 6.07) is 14.4. The van der Waals surface area contributed by atoms with E-state index in [4.69, 9.17) is 0 Å². The van der Waals surface area contributed by atoms with Crippen LogP contribution in [0.3, 0.4) is 0 Å². The van der Waals surface area contributed by atoms with Crippen LogP contribution < -0.4 is 4.90 Å². The number of rotatable bonds is 1. The van der Waals surface area contributed by atoms with Gasteiger partial charge in [0, 0.05) is 16.8 Å². The third-order valence-corrected chi connectivity index (χ3v) is 4.86. The molecule has 0 saturated carbocycles. The molecule has 2 aromatic rings. The maximum Gasteiger partial charge on any atom is 0.263 e. The third kappa shape index (κ3) is 1.60. The van der Waals surface area contributed by atoms with Crippen molar-refractivity contribution in [3.8, 4) is 0 Å². The number of ketones is 1. The van der Waals surface area contributed by atoms with Gasteiger partial charge >= 0.3 is 0 Å². The van der Waals surface area contributed by atoms with Crippen molar-refractivity contribution >= 4 is 17.4 Å². The highest BCUT2D eigenvalue weighted by atomic mass is 16.4. The number of hydrogen-bond donors (Lipinski definition) is 3. The first kappa shape index (κ1) is 15.6. The number of para-hydroxylation sites is 1. The van der Waals surface area contributed by atoms with Gasteiger partial charge in [-0.25, -0.2) is 0 Å². The topological polar surface area (TPSA) is 98.1 Å². The van der Waals surface area contributed by atoms with E-state index < -0.39 is 34.3 Å². The zero-order valence-electron chi connectivity index (χ0n) is 13.3. The van der Waals surface area contributed by atoms with Gasteiger partial charge in [-0.1, -0.05) is 42.5 Å². The minimum atomic E-state index is -2.58. The molecule has 2 unspecified atom stereocenters. The number of benzene rings is 2. The Balaban J connectivity index is 2.12. The van der Waals surface area contributed by atoms with Crippen LogP contribution in [0.15, 0.2) is 65.9 Å². The Kier molecular flexibility index (Phi) is 2.98. The molecule has 2 atom stereocenters. The van der Waals surface area contributed by atoms with Gasteiger partial charge in [-0.05, 0) is 19.1 Å². The Morgan fingerprint density at radius 2 is 1.56 bits per heavy atom. The summed E-state index contributed by atoms with van der Waals surface area (Å²) in [5.41, 5.74) is -4.90. The second-order valence-electron chi connectivity index (χ2n) is 6.19. The van der Waals surface area contributed by atoms with Crippen LogP contribution in [0.4, 0.5) is 5.69 Å². The van der Waals surface area contributed by atoms with Crippen LogP contribution in [0.1, 0.15) is 22.8 Å². The smallest absolute Gasteiger partial charge is 0.263 e. The molecular formula is C19H15NO5. The summed E-state index contributed by atoms with van der Waals surface area (Å²) >= 11 is 0. The Labute approximate surface area is 143 Å². The zero-order chi connectivity index (χ0) is 18.0. The molecule has 0 spiro atoms. The van der Waals surface area contributed by atoms with E-state index in [9.17, 15) is 24.9 Å². The SMILES string of the molecule is CC(O)=C1C(=O)N(c2ccccc2)C2(O)c3ccccc3C(=O)C12O. The first-order valence-corrected chi connectivity index (χ1v) is 7.74. The summed E-state index contributed by atoms with van der Waals surface area (Å²) in [5, 5.41) is 32.8. The number of nitrogens with zero attached hydrogens (tertiary/aromatic N) is 1. The molecule has 0 aromatic heterocycles. The molecule has 1 heterocycles. The molecule has 0 bridgehead atoms. The van der Waals surface area contributed by atoms with Crippen molar-refractivity contribution < 1.29 is 24.9 Å². The van der Waals surface area contributed by atoms with Crippen LogP contribution in [-0.4, -0.2) is 32.6 Å². The Morgan fingerprint density at radius 3 is 2.20 bits per heavy atom. The van der Waals surface area contributed by atoms with Crippen LogP contribution in [0.25, 0.3) is 0 Å². The molecule has 0 radical (unpaired) electrons. The molecule has 2 aliphatic rings. The molecule has 6 nitrogen and oxygen atoms in total. The molecule has 1 saturated heterocycles. The van der Waals surface area contributed by atoms with Crippen molar-refractivity contribution in [1.29, 1.82) is 0 Å². The van der Waals surface area contributed by atoms with E-state index in [0.717, 1.165) is 4.90 Å². The van der Waals surface area contributed by atoms with Gasteiger partial charge in [0.25, 0.3) is 5.91 Å². The molecule has 2 aromatic carbocycles. The number of anilines is 1. The largest absolute Gasteiger partial charge is 0.512 e. The molecule has 1 aliphatic carbocycles. The number of carbonyl (C=O) groups excluding carboxylic acids is 2. The summed E-state index contributed by atoms with van der Waals surface area (Å²) in [6.07, 6.45) is 0. The average molecular weight is 337 g/mol. The monoisotopic (exact) mass is 337 g/mol. The lowest BCUT2D eigenvalue weighted by Gasteiger charge is -2.36. The molecule has 126 valence electrons. The summed E-state index contributed by atoms with van der Waals surface area (Å²) in [6.45, 7) is 1.20. The van der Waals surface area contributed by atoms with Crippen LogP contribution in [0, 0.1) is 0 Å². The Morgan fingerprint density at radius 1 is 0.960 bits per heavy atom. The highest BCUT2D eigenvalue weighted by molar-refractivity contribution is 6.25. The average Bonchev–Trinajstić information content (AvgIpc) is 2.89. The number of allylic oxidation sites excluding steroid dienone is 1. The Bertz CT molecular complexity index is 947. The first-order valence-electron chi connectivity index (χ1n) is 7.74. The summed E-state index contributed by atoms with van der Waals surface area (Å²) < 4.78 is 0. The lowest BCUT2D eigenvalue weighted by Crippen LogP contribution is -2.56. The van der Waals surface area contributed by atoms with Crippen LogP contribution >= 0.6 is 0 Å². The number of aliphatic hydroxyl groups excluding tert-OH is 1. The van der Waals surface area contributed by atoms with Gasteiger partial charge in [0.15, 0.2) is 0 Å². The lowest BCUT2D eigenvalue weighted by molar-refractivity contribution is -0.117. The van der Waals surface area contributed by atoms with Gasteiger partial charge in [0.2, 0.25) is 17.1 Å². The predicted molar refractivity (Wildman–Crippen MR) is 88.9 cm³/mol. The molecule has 1 fully saturated rings. The highest BCUT2D eigenvalue weighted by Crippen LogP contribution is 2.56. The fourth-order valence-electron chi connectivity index (χ4n) is 3.81. The molecule has 6 heteroatoms. The van der Waals surface area contributed by atoms with Gasteiger partial charge in [0.05, 0.1) is 5.57 Å². The van der Waals surface area contributed by atoms with Gasteiger partial charge in [-0.2, -0.15) is 0 Å². The fraction of sp³-hybridized carbons (Fsp3) is 0.158. The second-order valence-corrected chi connectivity index (χ2v) is 6.19. The van der Waals surface area contributed by atoms with Crippen molar-refractivity contribution in [2.75, 3.05) is 4.90 Å². The molecule has 25 heavy (non-hydrogen) atoms. The number of hydrogen-bond acceptors (Lipinski definition) is 5. The van der Waals surface area contributed by atoms with E-state index in [1.165, 1.54) is 19.1 Å². The highest BCUT2D eigenvalue weighted by Gasteiger charge is 2.75. The number of fused-ring (bicyclic) bond motifs is 3. The molecular weight excluding hydrogens is 322 g/mol. The number of aliphatic hydroxyl groups is 3. The van der Waals surface area contributed by atoms with Crippen molar-refractivity contribution in [3.63, 3.8) is 0 Å². The van der Waals surface area contributed by atoms with Crippen molar-refractivity contribution in [2.24, 2.45) is 0 Å². The Hall–Kier alpha value is -2.96. The molecule has 3 N–H and O–H groups in total. The van der Waals surface area contributed by atoms with E-state index >= 15 is 0 Å². The summed E-state index contributed by atoms with van der Waals surface area (Å²) in [5.74, 6) is -2.15. The van der Waals surface area contributed by atoms with E-state index in [2.05, 4.69) is 0 Å². The standard InChI is InChI=1S/C19H15NO5/c1-11(21)15-17(23)20(12-7-3-2-4-8-12)19(25)14-10-6-5-9-13(14)16(22)18(15,19)24/h2-10,21,24-25H,1H3. The van der Waals surface area contributed by atoms with Gasteiger partial charge in [-0.3, -0.25) is 14.5 Å². The van der Waals surface area contributed by atoms with Crippen molar-refractivity contribution in [2.45, 2.75) is 18.2 Å².